The molecule has 1 aliphatic carbocycles. The van der Waals surface area contributed by atoms with Crippen molar-refractivity contribution in [3.8, 4) is 5.75 Å². The third-order valence-electron chi connectivity index (χ3n) is 6.44. The fourth-order valence-corrected chi connectivity index (χ4v) is 5.45. The number of anilines is 2. The molecule has 3 aromatic rings. The van der Waals surface area contributed by atoms with Crippen LogP contribution in [0.1, 0.15) is 11.1 Å². The van der Waals surface area contributed by atoms with Crippen LogP contribution in [0.5, 0.6) is 5.75 Å². The van der Waals surface area contributed by atoms with Gasteiger partial charge >= 0.3 is 29.6 Å². The first-order valence-electron chi connectivity index (χ1n) is 12.0. The second-order valence-corrected chi connectivity index (χ2v) is 12.0. The Labute approximate surface area is 262 Å². The molecule has 4 rings (SSSR count). The number of allylic oxidation sites excluding steroid dienone is 5. The minimum Gasteiger partial charge on any atom is -0.744 e. The zero-order valence-electron chi connectivity index (χ0n) is 23.3. The molecule has 0 spiro atoms. The van der Waals surface area contributed by atoms with E-state index in [1.807, 2.05) is 67.2 Å². The zero-order chi connectivity index (χ0) is 29.2. The Morgan fingerprint density at radius 1 is 0.854 bits per heavy atom. The first-order valence-corrected chi connectivity index (χ1v) is 14.8. The molecule has 208 valence electrons. The van der Waals surface area contributed by atoms with Gasteiger partial charge in [0.2, 0.25) is 0 Å². The maximum Gasteiger partial charge on any atom is 1.00 e. The van der Waals surface area contributed by atoms with E-state index >= 15 is 0 Å². The summed E-state index contributed by atoms with van der Waals surface area (Å²) in [5.74, 6) is -0.0509. The molecule has 1 aliphatic rings. The Balaban J connectivity index is 0.00000462. The molecule has 41 heavy (non-hydrogen) atoms. The van der Waals surface area contributed by atoms with Gasteiger partial charge in [-0.25, -0.2) is 13.0 Å². The summed E-state index contributed by atoms with van der Waals surface area (Å²) in [6.07, 6.45) is 7.84. The van der Waals surface area contributed by atoms with Crippen molar-refractivity contribution < 1.29 is 64.8 Å². The summed E-state index contributed by atoms with van der Waals surface area (Å²) >= 11 is 0. The molecule has 0 radical (unpaired) electrons. The Morgan fingerprint density at radius 3 is 2.00 bits per heavy atom. The number of ether oxygens (including phenoxy) is 1. The van der Waals surface area contributed by atoms with Gasteiger partial charge in [-0.15, -0.1) is 0 Å². The van der Waals surface area contributed by atoms with Crippen LogP contribution >= 0.6 is 0 Å². The third kappa shape index (κ3) is 7.44. The number of hydrogen-bond acceptors (Lipinski definition) is 7. The number of benzene rings is 3. The van der Waals surface area contributed by atoms with Crippen molar-refractivity contribution in [1.29, 1.82) is 0 Å². The van der Waals surface area contributed by atoms with Crippen molar-refractivity contribution >= 4 is 42.9 Å². The molecule has 0 aromatic heterocycles. The van der Waals surface area contributed by atoms with Gasteiger partial charge in [0.15, 0.2) is 5.71 Å². The predicted molar refractivity (Wildman–Crippen MR) is 153 cm³/mol. The molecule has 0 amide bonds. The maximum absolute atomic E-state index is 11.7. The molecule has 0 saturated heterocycles. The normalized spacial score (nSPS) is 13.0. The Morgan fingerprint density at radius 2 is 1.46 bits per heavy atom. The van der Waals surface area contributed by atoms with Crippen molar-refractivity contribution in [2.24, 2.45) is 0 Å². The quantitative estimate of drug-likeness (QED) is 0.243. The van der Waals surface area contributed by atoms with Gasteiger partial charge in [-0.05, 0) is 76.9 Å². The van der Waals surface area contributed by atoms with Gasteiger partial charge < -0.3 is 14.2 Å². The van der Waals surface area contributed by atoms with Gasteiger partial charge in [-0.1, -0.05) is 24.3 Å². The number of nitrogens with zero attached hydrogens (tertiary/aromatic N) is 2. The summed E-state index contributed by atoms with van der Waals surface area (Å²) in [6.45, 7) is 0. The largest absolute Gasteiger partial charge is 1.00 e. The molecule has 9 nitrogen and oxygen atoms in total. The van der Waals surface area contributed by atoms with Crippen molar-refractivity contribution in [1.82, 2.24) is 0 Å². The van der Waals surface area contributed by atoms with Gasteiger partial charge in [0.05, 0.1) is 16.9 Å². The van der Waals surface area contributed by atoms with E-state index in [-0.39, 0.29) is 40.2 Å². The van der Waals surface area contributed by atoms with Crippen LogP contribution in [-0.2, 0) is 20.2 Å². The van der Waals surface area contributed by atoms with Crippen LogP contribution in [0, 0.1) is 0 Å². The summed E-state index contributed by atoms with van der Waals surface area (Å²) in [7, 11) is -2.13. The summed E-state index contributed by atoms with van der Waals surface area (Å²) in [6, 6.07) is 17.8. The zero-order valence-corrected chi connectivity index (χ0v) is 26.9. The fraction of sp³-hybridized carbons (Fsp3) is 0.138. The monoisotopic (exact) mass is 603 g/mol. The standard InChI is InChI=1S/C29H28N2O7S2.Na/c1-30(2)23-13-8-20(9-14-23)29(22-12-17-28(40(35,36)37)27(18-22)38-4)21-10-15-24(16-11-21)31(3)25-6-5-7-26(19-25)39(32,33)34;/h5-19H,1-4H3,(H-,32,33,34,35,36,37);/q;+1. The molecular weight excluding hydrogens is 575 g/mol. The minimum atomic E-state index is -4.73. The van der Waals surface area contributed by atoms with Crippen LogP contribution in [0.3, 0.4) is 0 Å². The van der Waals surface area contributed by atoms with Crippen LogP contribution in [0.25, 0.3) is 5.57 Å². The summed E-state index contributed by atoms with van der Waals surface area (Å²) in [4.78, 5) is 1.13. The second-order valence-electron chi connectivity index (χ2n) is 9.21. The summed E-state index contributed by atoms with van der Waals surface area (Å²) < 4.78 is 75.0. The molecule has 0 bridgehead atoms. The topological polar surface area (TPSA) is 127 Å². The maximum atomic E-state index is 11.7. The molecule has 0 fully saturated rings. The Kier molecular flexibility index (Phi) is 10.2. The van der Waals surface area contributed by atoms with Gasteiger partial charge in [0, 0.05) is 30.6 Å². The van der Waals surface area contributed by atoms with E-state index in [1.54, 1.807) is 30.1 Å². The van der Waals surface area contributed by atoms with Crippen molar-refractivity contribution in [3.05, 3.63) is 108 Å². The van der Waals surface area contributed by atoms with E-state index in [0.29, 0.717) is 11.3 Å². The SMILES string of the molecule is COc1cc(C(=C2C=CC(=[N+](C)C)C=C2)c2ccc(N(C)c3cccc(S(=O)(=O)O)c3)cc2)ccc1S(=O)(=O)[O-].[Na+]. The molecule has 12 heteroatoms. The average molecular weight is 604 g/mol. The average Bonchev–Trinajstić information content (AvgIpc) is 2.92. The summed E-state index contributed by atoms with van der Waals surface area (Å²) in [5, 5.41) is 0. The summed E-state index contributed by atoms with van der Waals surface area (Å²) in [5.41, 5.74) is 5.39. The van der Waals surface area contributed by atoms with Crippen molar-refractivity contribution in [3.63, 3.8) is 0 Å². The van der Waals surface area contributed by atoms with E-state index < -0.39 is 25.1 Å². The second kappa shape index (κ2) is 12.9. The van der Waals surface area contributed by atoms with Crippen LogP contribution < -0.4 is 39.2 Å². The van der Waals surface area contributed by atoms with E-state index in [2.05, 4.69) is 0 Å². The van der Waals surface area contributed by atoms with E-state index in [4.69, 9.17) is 4.74 Å². The molecule has 0 unspecified atom stereocenters. The smallest absolute Gasteiger partial charge is 0.744 e. The van der Waals surface area contributed by atoms with Crippen molar-refractivity contribution in [2.45, 2.75) is 9.79 Å². The van der Waals surface area contributed by atoms with E-state index in [1.165, 1.54) is 31.4 Å². The first kappa shape index (κ1) is 32.5. The fourth-order valence-electron chi connectivity index (χ4n) is 4.31. The third-order valence-corrected chi connectivity index (χ3v) is 8.17. The van der Waals surface area contributed by atoms with E-state index in [9.17, 15) is 25.9 Å². The predicted octanol–water partition coefficient (Wildman–Crippen LogP) is 1.26. The number of methoxy groups -OCH3 is 1. The molecule has 0 aliphatic heterocycles. The molecule has 0 saturated carbocycles. The Hall–Kier alpha value is -3.03. The molecule has 0 heterocycles. The van der Waals surface area contributed by atoms with Gasteiger partial charge in [-0.2, -0.15) is 8.42 Å². The molecule has 3 aromatic carbocycles. The van der Waals surface area contributed by atoms with Gasteiger partial charge in [0.25, 0.3) is 10.1 Å². The van der Waals surface area contributed by atoms with Gasteiger partial charge in [0.1, 0.15) is 30.0 Å². The van der Waals surface area contributed by atoms with Crippen LogP contribution in [0.4, 0.5) is 11.4 Å². The van der Waals surface area contributed by atoms with Crippen LogP contribution in [0.2, 0.25) is 0 Å². The molecule has 1 N–H and O–H groups in total. The van der Waals surface area contributed by atoms with Crippen molar-refractivity contribution in [2.75, 3.05) is 33.2 Å². The molecule has 0 atom stereocenters. The van der Waals surface area contributed by atoms with Crippen LogP contribution in [-0.4, -0.2) is 64.5 Å². The number of rotatable bonds is 7. The first-order chi connectivity index (χ1) is 18.8. The minimum absolute atomic E-state index is 0. The van der Waals surface area contributed by atoms with Crippen LogP contribution in [0.15, 0.2) is 106 Å². The van der Waals surface area contributed by atoms with Gasteiger partial charge in [-0.3, -0.25) is 4.55 Å². The Bertz CT molecular complexity index is 1790. The molecular formula is C29H28N2NaO7S2+. The number of hydrogen-bond donors (Lipinski definition) is 1. The van der Waals surface area contributed by atoms with E-state index in [0.717, 1.165) is 28.1 Å².